The number of thiophene rings is 2. The van der Waals surface area contributed by atoms with E-state index >= 15 is 0 Å². The highest BCUT2D eigenvalue weighted by Gasteiger charge is 2.31. The number of hydrogen-bond donors (Lipinski definition) is 2. The summed E-state index contributed by atoms with van der Waals surface area (Å²) >= 11 is 3.01. The molecule has 8 heteroatoms. The summed E-state index contributed by atoms with van der Waals surface area (Å²) in [5, 5.41) is 22.2. The highest BCUT2D eigenvalue weighted by Crippen LogP contribution is 2.54. The highest BCUT2D eigenvalue weighted by atomic mass is 32.1. The molecule has 4 heterocycles. The number of aliphatic hydroxyl groups excluding tert-OH is 2. The predicted octanol–water partition coefficient (Wildman–Crippen LogP) is 1.74. The first-order valence-corrected chi connectivity index (χ1v) is 8.60. The van der Waals surface area contributed by atoms with Crippen molar-refractivity contribution in [3.05, 3.63) is 10.8 Å². The molecule has 2 N–H and O–H groups in total. The van der Waals surface area contributed by atoms with Crippen LogP contribution in [0.4, 0.5) is 0 Å². The van der Waals surface area contributed by atoms with E-state index in [2.05, 4.69) is 0 Å². The average molecular weight is 342 g/mol. The molecule has 0 fully saturated rings. The van der Waals surface area contributed by atoms with Crippen molar-refractivity contribution in [1.82, 2.24) is 0 Å². The van der Waals surface area contributed by atoms with Crippen LogP contribution in [0.5, 0.6) is 23.0 Å². The van der Waals surface area contributed by atoms with E-state index in [1.807, 2.05) is 10.8 Å². The maximum atomic E-state index is 9.26. The fourth-order valence-electron chi connectivity index (χ4n) is 2.36. The van der Waals surface area contributed by atoms with Gasteiger partial charge in [-0.05, 0) is 0 Å². The predicted molar refractivity (Wildman–Crippen MR) is 81.6 cm³/mol. The fourth-order valence-corrected chi connectivity index (χ4v) is 4.36. The van der Waals surface area contributed by atoms with Crippen molar-refractivity contribution < 1.29 is 29.2 Å². The van der Waals surface area contributed by atoms with Gasteiger partial charge < -0.3 is 29.2 Å². The lowest BCUT2D eigenvalue weighted by molar-refractivity contribution is 0.0458. The minimum Gasteiger partial charge on any atom is -0.485 e. The van der Waals surface area contributed by atoms with Gasteiger partial charge in [-0.2, -0.15) is 0 Å². The van der Waals surface area contributed by atoms with Gasteiger partial charge in [0.25, 0.3) is 0 Å². The van der Waals surface area contributed by atoms with Crippen LogP contribution < -0.4 is 18.9 Å². The third-order valence-electron chi connectivity index (χ3n) is 3.46. The zero-order valence-electron chi connectivity index (χ0n) is 11.5. The maximum Gasteiger partial charge on any atom is 0.181 e. The molecule has 118 valence electrons. The van der Waals surface area contributed by atoms with Gasteiger partial charge in [0.15, 0.2) is 35.2 Å². The SMILES string of the molecule is OCC1COc2c(csc2-c2scc3c2OC(CO)CO3)O1. The third kappa shape index (κ3) is 2.23. The minimum atomic E-state index is -0.354. The van der Waals surface area contributed by atoms with Crippen LogP contribution in [0.25, 0.3) is 9.75 Å². The molecule has 2 aromatic rings. The monoisotopic (exact) mass is 342 g/mol. The van der Waals surface area contributed by atoms with Crippen LogP contribution in [-0.2, 0) is 0 Å². The second kappa shape index (κ2) is 5.62. The van der Waals surface area contributed by atoms with Gasteiger partial charge in [0.05, 0.1) is 23.0 Å². The molecule has 22 heavy (non-hydrogen) atoms. The molecular formula is C14H14O6S2. The summed E-state index contributed by atoms with van der Waals surface area (Å²) in [4.78, 5) is 1.82. The number of fused-ring (bicyclic) bond motifs is 2. The summed E-state index contributed by atoms with van der Waals surface area (Å²) in [6, 6.07) is 0. The van der Waals surface area contributed by atoms with Gasteiger partial charge in [0.2, 0.25) is 0 Å². The van der Waals surface area contributed by atoms with Crippen molar-refractivity contribution in [2.75, 3.05) is 26.4 Å². The Morgan fingerprint density at radius 3 is 2.27 bits per heavy atom. The molecule has 0 aliphatic carbocycles. The minimum absolute atomic E-state index is 0.0752. The van der Waals surface area contributed by atoms with Crippen molar-refractivity contribution in [2.24, 2.45) is 0 Å². The lowest BCUT2D eigenvalue weighted by atomic mass is 10.2. The molecule has 0 amide bonds. The van der Waals surface area contributed by atoms with Gasteiger partial charge in [-0.15, -0.1) is 22.7 Å². The Morgan fingerprint density at radius 1 is 0.864 bits per heavy atom. The van der Waals surface area contributed by atoms with E-state index in [4.69, 9.17) is 24.1 Å². The second-order valence-electron chi connectivity index (χ2n) is 4.98. The summed E-state index contributed by atoms with van der Waals surface area (Å²) in [7, 11) is 0. The largest absolute Gasteiger partial charge is 0.485 e. The van der Waals surface area contributed by atoms with Gasteiger partial charge in [-0.3, -0.25) is 0 Å². The lowest BCUT2D eigenvalue weighted by Gasteiger charge is -2.25. The summed E-state index contributed by atoms with van der Waals surface area (Å²) in [6.45, 7) is 0.501. The van der Waals surface area contributed by atoms with Gasteiger partial charge in [-0.25, -0.2) is 0 Å². The third-order valence-corrected chi connectivity index (χ3v) is 5.50. The van der Waals surface area contributed by atoms with Gasteiger partial charge >= 0.3 is 0 Å². The van der Waals surface area contributed by atoms with Gasteiger partial charge in [0.1, 0.15) is 13.2 Å². The van der Waals surface area contributed by atoms with Crippen LogP contribution >= 0.6 is 22.7 Å². The molecule has 2 aliphatic rings. The summed E-state index contributed by atoms with van der Waals surface area (Å²) in [5.41, 5.74) is 0. The Hall–Kier alpha value is -1.48. The lowest BCUT2D eigenvalue weighted by Crippen LogP contribution is -2.32. The van der Waals surface area contributed by atoms with E-state index in [1.165, 1.54) is 22.7 Å². The Morgan fingerprint density at radius 2 is 1.50 bits per heavy atom. The van der Waals surface area contributed by atoms with E-state index in [9.17, 15) is 5.11 Å². The Labute approximate surface area is 134 Å². The van der Waals surface area contributed by atoms with E-state index in [0.717, 1.165) is 9.75 Å². The van der Waals surface area contributed by atoms with Gasteiger partial charge in [0, 0.05) is 10.8 Å². The Bertz CT molecular complexity index is 679. The maximum absolute atomic E-state index is 9.26. The second-order valence-corrected chi connectivity index (χ2v) is 6.74. The zero-order valence-corrected chi connectivity index (χ0v) is 13.1. The molecule has 2 aromatic heterocycles. The molecule has 0 bridgehead atoms. The van der Waals surface area contributed by atoms with E-state index in [-0.39, 0.29) is 25.4 Å². The van der Waals surface area contributed by atoms with E-state index in [0.29, 0.717) is 36.2 Å². The molecular weight excluding hydrogens is 328 g/mol. The topological polar surface area (TPSA) is 77.4 Å². The van der Waals surface area contributed by atoms with Crippen LogP contribution in [0.1, 0.15) is 0 Å². The smallest absolute Gasteiger partial charge is 0.181 e. The fraction of sp³-hybridized carbons (Fsp3) is 0.429. The van der Waals surface area contributed by atoms with Crippen molar-refractivity contribution in [1.29, 1.82) is 0 Å². The molecule has 0 radical (unpaired) electrons. The van der Waals surface area contributed by atoms with Crippen molar-refractivity contribution in [3.8, 4) is 32.8 Å². The number of hydrogen-bond acceptors (Lipinski definition) is 8. The summed E-state index contributed by atoms with van der Waals surface area (Å²) in [5.74, 6) is 2.65. The number of aliphatic hydroxyl groups is 2. The highest BCUT2D eigenvalue weighted by molar-refractivity contribution is 7.21. The summed E-state index contributed by atoms with van der Waals surface area (Å²) in [6.07, 6.45) is -0.682. The molecule has 0 saturated heterocycles. The molecule has 4 rings (SSSR count). The Kier molecular flexibility index (Phi) is 3.61. The average Bonchev–Trinajstić information content (AvgIpc) is 3.16. The van der Waals surface area contributed by atoms with Crippen LogP contribution in [0.15, 0.2) is 10.8 Å². The molecule has 2 atom stereocenters. The first kappa shape index (κ1) is 14.1. The Balaban J connectivity index is 1.70. The molecule has 0 saturated carbocycles. The van der Waals surface area contributed by atoms with Crippen molar-refractivity contribution >= 4 is 22.7 Å². The van der Waals surface area contributed by atoms with E-state index in [1.54, 1.807) is 0 Å². The standard InChI is InChI=1S/C14H14O6S2/c15-1-7-4-18-11-10(19-7)6-22-13(11)14-12-9(5-21-14)17-3-8(2-16)20-12/h5-8,15-16H,1-4H2. The van der Waals surface area contributed by atoms with Crippen LogP contribution in [0.3, 0.4) is 0 Å². The van der Waals surface area contributed by atoms with Crippen LogP contribution in [0, 0.1) is 0 Å². The first-order valence-electron chi connectivity index (χ1n) is 6.84. The zero-order chi connectivity index (χ0) is 15.1. The van der Waals surface area contributed by atoms with Gasteiger partial charge in [-0.1, -0.05) is 0 Å². The molecule has 6 nitrogen and oxygen atoms in total. The van der Waals surface area contributed by atoms with Crippen LogP contribution in [0.2, 0.25) is 0 Å². The molecule has 2 aliphatic heterocycles. The van der Waals surface area contributed by atoms with Crippen molar-refractivity contribution in [3.63, 3.8) is 0 Å². The molecule has 2 unspecified atom stereocenters. The number of ether oxygens (including phenoxy) is 4. The first-order chi connectivity index (χ1) is 10.8. The summed E-state index contributed by atoms with van der Waals surface area (Å²) < 4.78 is 22.9. The van der Waals surface area contributed by atoms with Crippen LogP contribution in [-0.4, -0.2) is 48.8 Å². The van der Waals surface area contributed by atoms with Crippen molar-refractivity contribution in [2.45, 2.75) is 12.2 Å². The normalized spacial score (nSPS) is 22.6. The molecule has 0 aromatic carbocycles. The number of rotatable bonds is 3. The van der Waals surface area contributed by atoms with E-state index < -0.39 is 0 Å². The quantitative estimate of drug-likeness (QED) is 0.885. The molecule has 0 spiro atoms.